The summed E-state index contributed by atoms with van der Waals surface area (Å²) >= 11 is 9.01. The molecule has 18 heavy (non-hydrogen) atoms. The van der Waals surface area contributed by atoms with Crippen LogP contribution in [0, 0.1) is 0 Å². The van der Waals surface area contributed by atoms with E-state index in [9.17, 15) is 0 Å². The quantitative estimate of drug-likeness (QED) is 0.525. The molecule has 0 N–H and O–H groups in total. The number of aryl methyl sites for hydroxylation is 1. The van der Waals surface area contributed by atoms with E-state index in [4.69, 9.17) is 0 Å². The standard InChI is InChI=1S/C15H16Br2S/c1-2-3-4-11-5-7-12(8-6-11)15(17)13-9-14(16)18-10-13/h5-10,15H,2-4H2,1H3. The Kier molecular flexibility index (Phi) is 5.46. The number of benzene rings is 1. The summed E-state index contributed by atoms with van der Waals surface area (Å²) < 4.78 is 1.18. The van der Waals surface area contributed by atoms with Gasteiger partial charge in [0, 0.05) is 0 Å². The monoisotopic (exact) mass is 386 g/mol. The van der Waals surface area contributed by atoms with Gasteiger partial charge in [-0.3, -0.25) is 0 Å². The summed E-state index contributed by atoms with van der Waals surface area (Å²) in [5.74, 6) is 0. The van der Waals surface area contributed by atoms with Gasteiger partial charge in [0.15, 0.2) is 0 Å². The first-order valence-corrected chi connectivity index (χ1v) is 8.76. The Morgan fingerprint density at radius 1 is 1.17 bits per heavy atom. The van der Waals surface area contributed by atoms with Gasteiger partial charge in [0.25, 0.3) is 0 Å². The van der Waals surface area contributed by atoms with Crippen LogP contribution in [-0.2, 0) is 6.42 Å². The van der Waals surface area contributed by atoms with Gasteiger partial charge in [-0.2, -0.15) is 0 Å². The fourth-order valence-corrected chi connectivity index (χ4v) is 3.83. The van der Waals surface area contributed by atoms with Gasteiger partial charge in [0.2, 0.25) is 0 Å². The molecule has 0 nitrogen and oxygen atoms in total. The molecule has 96 valence electrons. The Balaban J connectivity index is 2.09. The van der Waals surface area contributed by atoms with Crippen LogP contribution in [0.2, 0.25) is 0 Å². The molecular formula is C15H16Br2S. The summed E-state index contributed by atoms with van der Waals surface area (Å²) in [6.45, 7) is 2.23. The topological polar surface area (TPSA) is 0 Å². The van der Waals surface area contributed by atoms with Crippen LogP contribution in [0.4, 0.5) is 0 Å². The van der Waals surface area contributed by atoms with E-state index >= 15 is 0 Å². The van der Waals surface area contributed by atoms with Crippen molar-refractivity contribution in [1.29, 1.82) is 0 Å². The third-order valence-electron chi connectivity index (χ3n) is 2.97. The molecular weight excluding hydrogens is 372 g/mol. The second-order valence-electron chi connectivity index (χ2n) is 4.39. The van der Waals surface area contributed by atoms with Gasteiger partial charge in [-0.1, -0.05) is 53.5 Å². The molecule has 1 atom stereocenters. The molecule has 2 rings (SSSR count). The fraction of sp³-hybridized carbons (Fsp3) is 0.333. The van der Waals surface area contributed by atoms with Crippen molar-refractivity contribution in [2.45, 2.75) is 31.0 Å². The molecule has 1 aromatic heterocycles. The highest BCUT2D eigenvalue weighted by Gasteiger charge is 2.11. The van der Waals surface area contributed by atoms with Gasteiger partial charge >= 0.3 is 0 Å². The Morgan fingerprint density at radius 3 is 2.44 bits per heavy atom. The van der Waals surface area contributed by atoms with Crippen molar-refractivity contribution < 1.29 is 0 Å². The lowest BCUT2D eigenvalue weighted by atomic mass is 10.0. The van der Waals surface area contributed by atoms with Crippen molar-refractivity contribution in [3.05, 3.63) is 56.2 Å². The zero-order valence-electron chi connectivity index (χ0n) is 10.3. The molecule has 1 heterocycles. The average molecular weight is 388 g/mol. The minimum absolute atomic E-state index is 0.292. The summed E-state index contributed by atoms with van der Waals surface area (Å²) in [5.41, 5.74) is 4.07. The molecule has 3 heteroatoms. The van der Waals surface area contributed by atoms with E-state index < -0.39 is 0 Å². The highest BCUT2D eigenvalue weighted by Crippen LogP contribution is 2.35. The van der Waals surface area contributed by atoms with Crippen LogP contribution in [0.25, 0.3) is 0 Å². The molecule has 0 amide bonds. The number of rotatable bonds is 5. The molecule has 0 radical (unpaired) electrons. The first-order chi connectivity index (χ1) is 8.70. The maximum absolute atomic E-state index is 3.77. The van der Waals surface area contributed by atoms with Crippen LogP contribution in [0.1, 0.15) is 41.3 Å². The molecule has 2 aromatic rings. The zero-order valence-corrected chi connectivity index (χ0v) is 14.3. The molecule has 0 bridgehead atoms. The summed E-state index contributed by atoms with van der Waals surface area (Å²) in [4.78, 5) is 0.292. The third-order valence-corrected chi connectivity index (χ3v) is 5.55. The molecule has 0 aliphatic heterocycles. The van der Waals surface area contributed by atoms with Crippen molar-refractivity contribution in [3.63, 3.8) is 0 Å². The first kappa shape index (κ1) is 14.3. The van der Waals surface area contributed by atoms with Crippen molar-refractivity contribution in [1.82, 2.24) is 0 Å². The maximum Gasteiger partial charge on any atom is 0.0701 e. The van der Waals surface area contributed by atoms with Crippen molar-refractivity contribution in [3.8, 4) is 0 Å². The lowest BCUT2D eigenvalue weighted by molar-refractivity contribution is 0.795. The third kappa shape index (κ3) is 3.69. The number of thiophene rings is 1. The SMILES string of the molecule is CCCCc1ccc(C(Br)c2csc(Br)c2)cc1. The van der Waals surface area contributed by atoms with Gasteiger partial charge in [-0.15, -0.1) is 11.3 Å². The van der Waals surface area contributed by atoms with Crippen LogP contribution in [0.3, 0.4) is 0 Å². The smallest absolute Gasteiger partial charge is 0.0701 e. The van der Waals surface area contributed by atoms with Gasteiger partial charge in [-0.05, 0) is 56.9 Å². The normalized spacial score (nSPS) is 12.6. The Morgan fingerprint density at radius 2 is 1.89 bits per heavy atom. The highest BCUT2D eigenvalue weighted by molar-refractivity contribution is 9.11. The number of hydrogen-bond acceptors (Lipinski definition) is 1. The van der Waals surface area contributed by atoms with E-state index in [2.05, 4.69) is 74.5 Å². The van der Waals surface area contributed by atoms with Crippen molar-refractivity contribution in [2.24, 2.45) is 0 Å². The molecule has 0 aliphatic rings. The Labute approximate surface area is 130 Å². The van der Waals surface area contributed by atoms with Crippen LogP contribution < -0.4 is 0 Å². The summed E-state index contributed by atoms with van der Waals surface area (Å²) in [6.07, 6.45) is 3.72. The van der Waals surface area contributed by atoms with E-state index in [1.54, 1.807) is 11.3 Å². The fourth-order valence-electron chi connectivity index (χ4n) is 1.88. The molecule has 0 saturated carbocycles. The van der Waals surface area contributed by atoms with Gasteiger partial charge in [0.1, 0.15) is 0 Å². The minimum atomic E-state index is 0.292. The van der Waals surface area contributed by atoms with Crippen LogP contribution in [0.5, 0.6) is 0 Å². The molecule has 0 aliphatic carbocycles. The molecule has 1 aromatic carbocycles. The number of alkyl halides is 1. The lowest BCUT2D eigenvalue weighted by Gasteiger charge is -2.09. The van der Waals surface area contributed by atoms with E-state index in [-0.39, 0.29) is 0 Å². The van der Waals surface area contributed by atoms with E-state index in [1.807, 2.05) is 0 Å². The number of unbranched alkanes of at least 4 members (excludes halogenated alkanes) is 1. The number of hydrogen-bond donors (Lipinski definition) is 0. The largest absolute Gasteiger partial charge is 0.136 e. The molecule has 0 fully saturated rings. The Hall–Kier alpha value is -0.120. The van der Waals surface area contributed by atoms with Gasteiger partial charge < -0.3 is 0 Å². The summed E-state index contributed by atoms with van der Waals surface area (Å²) in [6, 6.07) is 11.1. The minimum Gasteiger partial charge on any atom is -0.136 e. The molecule has 1 unspecified atom stereocenters. The predicted molar refractivity (Wildman–Crippen MR) is 87.8 cm³/mol. The van der Waals surface area contributed by atoms with Crippen LogP contribution in [-0.4, -0.2) is 0 Å². The van der Waals surface area contributed by atoms with Gasteiger partial charge in [0.05, 0.1) is 8.61 Å². The Bertz CT molecular complexity index is 487. The van der Waals surface area contributed by atoms with E-state index in [0.29, 0.717) is 4.83 Å². The highest BCUT2D eigenvalue weighted by atomic mass is 79.9. The zero-order chi connectivity index (χ0) is 13.0. The lowest BCUT2D eigenvalue weighted by Crippen LogP contribution is -1.92. The average Bonchev–Trinajstić information content (AvgIpc) is 2.83. The first-order valence-electron chi connectivity index (χ1n) is 6.17. The second-order valence-corrected chi connectivity index (χ2v) is 7.60. The predicted octanol–water partition coefficient (Wildman–Crippen LogP) is 6.34. The van der Waals surface area contributed by atoms with Crippen LogP contribution in [0.15, 0.2) is 39.5 Å². The van der Waals surface area contributed by atoms with Gasteiger partial charge in [-0.25, -0.2) is 0 Å². The summed E-state index contributed by atoms with van der Waals surface area (Å²) in [7, 11) is 0. The van der Waals surface area contributed by atoms with Crippen molar-refractivity contribution in [2.75, 3.05) is 0 Å². The second kappa shape index (κ2) is 6.88. The maximum atomic E-state index is 3.77. The van der Waals surface area contributed by atoms with E-state index in [1.165, 1.54) is 39.7 Å². The van der Waals surface area contributed by atoms with Crippen molar-refractivity contribution >= 4 is 43.2 Å². The van der Waals surface area contributed by atoms with E-state index in [0.717, 1.165) is 0 Å². The van der Waals surface area contributed by atoms with Crippen LogP contribution >= 0.6 is 43.2 Å². The molecule has 0 spiro atoms. The number of halogens is 2. The molecule has 0 saturated heterocycles. The summed E-state index contributed by atoms with van der Waals surface area (Å²) in [5, 5.41) is 2.19.